The predicted octanol–water partition coefficient (Wildman–Crippen LogP) is 0.455. The molecule has 88 valence electrons. The Balaban J connectivity index is 2.71. The molecule has 0 aromatic rings. The lowest BCUT2D eigenvalue weighted by Crippen LogP contribution is -2.57. The average Bonchev–Trinajstić information content (AvgIpc) is 2.26. The molecular formula is C11H23N3O. The van der Waals surface area contributed by atoms with Crippen LogP contribution >= 0.6 is 0 Å². The molecule has 1 aliphatic carbocycles. The third-order valence-electron chi connectivity index (χ3n) is 3.56. The second-order valence-corrected chi connectivity index (χ2v) is 4.47. The maximum Gasteiger partial charge on any atom is 0.231 e. The molecule has 1 aliphatic rings. The van der Waals surface area contributed by atoms with Crippen LogP contribution < -0.4 is 11.5 Å². The van der Waals surface area contributed by atoms with Crippen molar-refractivity contribution in [1.29, 1.82) is 0 Å². The lowest BCUT2D eigenvalue weighted by atomic mass is 9.80. The third-order valence-corrected chi connectivity index (χ3v) is 3.56. The fourth-order valence-electron chi connectivity index (χ4n) is 2.66. The van der Waals surface area contributed by atoms with Gasteiger partial charge in [-0.25, -0.2) is 0 Å². The van der Waals surface area contributed by atoms with Gasteiger partial charge in [-0.05, 0) is 19.4 Å². The number of amides is 1. The predicted molar refractivity (Wildman–Crippen MR) is 61.3 cm³/mol. The molecule has 0 saturated heterocycles. The summed E-state index contributed by atoms with van der Waals surface area (Å²) in [5.41, 5.74) is 11.2. The Morgan fingerprint density at radius 3 is 2.33 bits per heavy atom. The summed E-state index contributed by atoms with van der Waals surface area (Å²) in [4.78, 5) is 13.2. The van der Waals surface area contributed by atoms with E-state index in [2.05, 4.69) is 11.8 Å². The van der Waals surface area contributed by atoms with Gasteiger partial charge < -0.3 is 11.5 Å². The van der Waals surface area contributed by atoms with Crippen molar-refractivity contribution < 1.29 is 4.79 Å². The second kappa shape index (κ2) is 5.47. The maximum atomic E-state index is 11.0. The number of carbonyl (C=O) groups excluding carboxylic acids is 1. The standard InChI is InChI=1S/C11H23N3O/c1-2-14(8-10(13)15)11(9-12)6-4-3-5-7-11/h2-9,12H2,1H3,(H2,13,15). The molecule has 4 heteroatoms. The van der Waals surface area contributed by atoms with Crippen molar-refractivity contribution >= 4 is 5.91 Å². The van der Waals surface area contributed by atoms with E-state index in [9.17, 15) is 4.79 Å². The molecule has 4 N–H and O–H groups in total. The highest BCUT2D eigenvalue weighted by Crippen LogP contribution is 2.32. The summed E-state index contributed by atoms with van der Waals surface area (Å²) in [6.45, 7) is 3.89. The monoisotopic (exact) mass is 213 g/mol. The minimum absolute atomic E-state index is 0.0298. The van der Waals surface area contributed by atoms with E-state index in [1.807, 2.05) is 0 Å². The van der Waals surface area contributed by atoms with E-state index in [4.69, 9.17) is 11.5 Å². The van der Waals surface area contributed by atoms with Crippen LogP contribution in [0.2, 0.25) is 0 Å². The van der Waals surface area contributed by atoms with Crippen LogP contribution in [0.25, 0.3) is 0 Å². The van der Waals surface area contributed by atoms with Gasteiger partial charge in [-0.1, -0.05) is 26.2 Å². The summed E-state index contributed by atoms with van der Waals surface area (Å²) in [5, 5.41) is 0. The zero-order chi connectivity index (χ0) is 11.3. The molecule has 0 spiro atoms. The molecule has 1 fully saturated rings. The Morgan fingerprint density at radius 2 is 1.93 bits per heavy atom. The molecule has 0 unspecified atom stereocenters. The Morgan fingerprint density at radius 1 is 1.33 bits per heavy atom. The van der Waals surface area contributed by atoms with Crippen molar-refractivity contribution in [3.8, 4) is 0 Å². The van der Waals surface area contributed by atoms with Crippen molar-refractivity contribution in [3.05, 3.63) is 0 Å². The number of likely N-dealkylation sites (N-methyl/N-ethyl adjacent to an activating group) is 1. The summed E-state index contributed by atoms with van der Waals surface area (Å²) in [7, 11) is 0. The van der Waals surface area contributed by atoms with E-state index < -0.39 is 0 Å². The van der Waals surface area contributed by atoms with Crippen LogP contribution in [0.4, 0.5) is 0 Å². The molecule has 0 aromatic heterocycles. The number of rotatable bonds is 5. The first-order chi connectivity index (χ1) is 7.14. The first-order valence-corrected chi connectivity index (χ1v) is 5.88. The SMILES string of the molecule is CCN(CC(N)=O)C1(CN)CCCCC1. The van der Waals surface area contributed by atoms with E-state index in [1.165, 1.54) is 19.3 Å². The van der Waals surface area contributed by atoms with Crippen molar-refractivity contribution in [1.82, 2.24) is 4.90 Å². The molecule has 1 rings (SSSR count). The van der Waals surface area contributed by atoms with Crippen molar-refractivity contribution in [2.45, 2.75) is 44.6 Å². The number of nitrogens with zero attached hydrogens (tertiary/aromatic N) is 1. The van der Waals surface area contributed by atoms with E-state index in [0.29, 0.717) is 13.1 Å². The number of carbonyl (C=O) groups is 1. The molecule has 0 aromatic carbocycles. The Labute approximate surface area is 92.0 Å². The van der Waals surface area contributed by atoms with Crippen LogP contribution in [-0.2, 0) is 4.79 Å². The number of primary amides is 1. The number of hydrogen-bond acceptors (Lipinski definition) is 3. The van der Waals surface area contributed by atoms with E-state index in [-0.39, 0.29) is 11.4 Å². The normalized spacial score (nSPS) is 20.5. The summed E-state index contributed by atoms with van der Waals surface area (Å²) in [5.74, 6) is -0.254. The van der Waals surface area contributed by atoms with E-state index in [1.54, 1.807) is 0 Å². The third kappa shape index (κ3) is 2.92. The first kappa shape index (κ1) is 12.5. The van der Waals surface area contributed by atoms with Crippen LogP contribution in [0.1, 0.15) is 39.0 Å². The van der Waals surface area contributed by atoms with Crippen molar-refractivity contribution in [3.63, 3.8) is 0 Å². The van der Waals surface area contributed by atoms with Gasteiger partial charge in [0.25, 0.3) is 0 Å². The molecule has 0 heterocycles. The van der Waals surface area contributed by atoms with Crippen molar-refractivity contribution in [2.24, 2.45) is 11.5 Å². The quantitative estimate of drug-likeness (QED) is 0.696. The fraction of sp³-hybridized carbons (Fsp3) is 0.909. The van der Waals surface area contributed by atoms with Crippen LogP contribution in [0.15, 0.2) is 0 Å². The minimum Gasteiger partial charge on any atom is -0.369 e. The van der Waals surface area contributed by atoms with Gasteiger partial charge in [-0.3, -0.25) is 9.69 Å². The van der Waals surface area contributed by atoms with Crippen molar-refractivity contribution in [2.75, 3.05) is 19.6 Å². The molecular weight excluding hydrogens is 190 g/mol. The largest absolute Gasteiger partial charge is 0.369 e. The van der Waals surface area contributed by atoms with E-state index >= 15 is 0 Å². The summed E-state index contributed by atoms with van der Waals surface area (Å²) in [6, 6.07) is 0. The van der Waals surface area contributed by atoms with Crippen LogP contribution in [0, 0.1) is 0 Å². The zero-order valence-electron chi connectivity index (χ0n) is 9.67. The van der Waals surface area contributed by atoms with Gasteiger partial charge in [0.05, 0.1) is 6.54 Å². The maximum absolute atomic E-state index is 11.0. The molecule has 0 aliphatic heterocycles. The van der Waals surface area contributed by atoms with Gasteiger partial charge in [0.1, 0.15) is 0 Å². The van der Waals surface area contributed by atoms with Crippen LogP contribution in [0.3, 0.4) is 0 Å². The van der Waals surface area contributed by atoms with Gasteiger partial charge in [0.2, 0.25) is 5.91 Å². The molecule has 0 atom stereocenters. The average molecular weight is 213 g/mol. The van der Waals surface area contributed by atoms with Gasteiger partial charge in [-0.2, -0.15) is 0 Å². The summed E-state index contributed by atoms with van der Waals surface area (Å²) in [6.07, 6.45) is 5.92. The fourth-order valence-corrected chi connectivity index (χ4v) is 2.66. The molecule has 1 amide bonds. The highest BCUT2D eigenvalue weighted by molar-refractivity contribution is 5.76. The Bertz CT molecular complexity index is 212. The second-order valence-electron chi connectivity index (χ2n) is 4.47. The van der Waals surface area contributed by atoms with Crippen LogP contribution in [0.5, 0.6) is 0 Å². The first-order valence-electron chi connectivity index (χ1n) is 5.88. The van der Waals surface area contributed by atoms with Crippen LogP contribution in [-0.4, -0.2) is 36.0 Å². The summed E-state index contributed by atoms with van der Waals surface area (Å²) < 4.78 is 0. The molecule has 15 heavy (non-hydrogen) atoms. The molecule has 1 saturated carbocycles. The number of nitrogens with two attached hydrogens (primary N) is 2. The minimum atomic E-state index is -0.254. The topological polar surface area (TPSA) is 72.3 Å². The molecule has 4 nitrogen and oxygen atoms in total. The number of hydrogen-bond donors (Lipinski definition) is 2. The van der Waals surface area contributed by atoms with Gasteiger partial charge in [0, 0.05) is 12.1 Å². The smallest absolute Gasteiger partial charge is 0.231 e. The molecule has 0 radical (unpaired) electrons. The molecule has 0 bridgehead atoms. The Kier molecular flexibility index (Phi) is 4.54. The lowest BCUT2D eigenvalue weighted by Gasteiger charge is -2.45. The van der Waals surface area contributed by atoms with E-state index in [0.717, 1.165) is 19.4 Å². The lowest BCUT2D eigenvalue weighted by molar-refractivity contribution is -0.121. The van der Waals surface area contributed by atoms with Gasteiger partial charge in [-0.15, -0.1) is 0 Å². The zero-order valence-corrected chi connectivity index (χ0v) is 9.67. The van der Waals surface area contributed by atoms with Gasteiger partial charge in [0.15, 0.2) is 0 Å². The summed E-state index contributed by atoms with van der Waals surface area (Å²) >= 11 is 0. The highest BCUT2D eigenvalue weighted by atomic mass is 16.1. The highest BCUT2D eigenvalue weighted by Gasteiger charge is 2.36. The van der Waals surface area contributed by atoms with Gasteiger partial charge >= 0.3 is 0 Å². The Hall–Kier alpha value is -0.610.